The van der Waals surface area contributed by atoms with Crippen LogP contribution < -0.4 is 5.32 Å². The van der Waals surface area contributed by atoms with Crippen LogP contribution in [0.3, 0.4) is 0 Å². The lowest BCUT2D eigenvalue weighted by Crippen LogP contribution is -2.23. The molecule has 112 valence electrons. The average molecular weight is 293 g/mol. The minimum Gasteiger partial charge on any atom is -0.348 e. The highest BCUT2D eigenvalue weighted by atomic mass is 16.1. The molecule has 0 aliphatic rings. The summed E-state index contributed by atoms with van der Waals surface area (Å²) in [5.74, 6) is -0.0616. The van der Waals surface area contributed by atoms with E-state index in [0.717, 1.165) is 23.1 Å². The van der Waals surface area contributed by atoms with Gasteiger partial charge < -0.3 is 9.88 Å². The molecule has 22 heavy (non-hydrogen) atoms. The second kappa shape index (κ2) is 6.02. The molecule has 0 spiro atoms. The number of nitrogens with one attached hydrogen (secondary N) is 1. The third-order valence-corrected chi connectivity index (χ3v) is 3.92. The molecule has 1 aromatic carbocycles. The Bertz CT molecular complexity index is 820. The lowest BCUT2D eigenvalue weighted by atomic mass is 10.1. The van der Waals surface area contributed by atoms with E-state index >= 15 is 0 Å². The van der Waals surface area contributed by atoms with Gasteiger partial charge in [-0.05, 0) is 37.1 Å². The summed E-state index contributed by atoms with van der Waals surface area (Å²) < 4.78 is 2.00. The highest BCUT2D eigenvalue weighted by Crippen LogP contribution is 2.19. The predicted molar refractivity (Wildman–Crippen MR) is 87.8 cm³/mol. The van der Waals surface area contributed by atoms with E-state index in [9.17, 15) is 4.79 Å². The molecule has 0 aliphatic carbocycles. The standard InChI is InChI=1S/C18H19N3O/c1-3-21-12-16(15-9-6-10-19-17(15)21)18(22)20-11-14-8-5-4-7-13(14)2/h4-10,12H,3,11H2,1-2H3,(H,20,22). The molecule has 0 saturated heterocycles. The van der Waals surface area contributed by atoms with E-state index in [-0.39, 0.29) is 5.91 Å². The highest BCUT2D eigenvalue weighted by Gasteiger charge is 2.15. The fourth-order valence-corrected chi connectivity index (χ4v) is 2.62. The fraction of sp³-hybridized carbons (Fsp3) is 0.222. The maximum Gasteiger partial charge on any atom is 0.253 e. The molecule has 0 unspecified atom stereocenters. The van der Waals surface area contributed by atoms with Gasteiger partial charge in [-0.25, -0.2) is 4.98 Å². The zero-order chi connectivity index (χ0) is 15.5. The van der Waals surface area contributed by atoms with E-state index in [4.69, 9.17) is 0 Å². The van der Waals surface area contributed by atoms with Crippen molar-refractivity contribution < 1.29 is 4.79 Å². The van der Waals surface area contributed by atoms with Gasteiger partial charge in [0.1, 0.15) is 5.65 Å². The quantitative estimate of drug-likeness (QED) is 0.802. The van der Waals surface area contributed by atoms with Crippen molar-refractivity contribution in [2.75, 3.05) is 0 Å². The summed E-state index contributed by atoms with van der Waals surface area (Å²) in [6.07, 6.45) is 3.63. The maximum atomic E-state index is 12.5. The summed E-state index contributed by atoms with van der Waals surface area (Å²) in [5.41, 5.74) is 3.85. The molecule has 0 bridgehead atoms. The number of hydrogen-bond acceptors (Lipinski definition) is 2. The summed E-state index contributed by atoms with van der Waals surface area (Å²) in [6, 6.07) is 11.9. The normalized spacial score (nSPS) is 10.8. The molecule has 4 heteroatoms. The second-order valence-electron chi connectivity index (χ2n) is 5.31. The average Bonchev–Trinajstić information content (AvgIpc) is 2.93. The number of amides is 1. The molecule has 2 heterocycles. The number of benzene rings is 1. The van der Waals surface area contributed by atoms with Crippen molar-refractivity contribution in [2.45, 2.75) is 26.9 Å². The smallest absolute Gasteiger partial charge is 0.253 e. The number of fused-ring (bicyclic) bond motifs is 1. The van der Waals surface area contributed by atoms with Crippen LogP contribution in [-0.4, -0.2) is 15.5 Å². The number of aromatic nitrogens is 2. The van der Waals surface area contributed by atoms with Crippen molar-refractivity contribution in [3.8, 4) is 0 Å². The number of nitrogens with zero attached hydrogens (tertiary/aromatic N) is 2. The van der Waals surface area contributed by atoms with Crippen molar-refractivity contribution in [2.24, 2.45) is 0 Å². The number of aryl methyl sites for hydroxylation is 2. The first-order valence-corrected chi connectivity index (χ1v) is 7.47. The second-order valence-corrected chi connectivity index (χ2v) is 5.31. The zero-order valence-corrected chi connectivity index (χ0v) is 12.8. The number of pyridine rings is 1. The summed E-state index contributed by atoms with van der Waals surface area (Å²) in [4.78, 5) is 16.9. The minimum atomic E-state index is -0.0616. The molecule has 0 atom stereocenters. The Morgan fingerprint density at radius 2 is 2.05 bits per heavy atom. The van der Waals surface area contributed by atoms with Crippen LogP contribution in [0.5, 0.6) is 0 Å². The molecule has 0 aliphatic heterocycles. The highest BCUT2D eigenvalue weighted by molar-refractivity contribution is 6.06. The third-order valence-electron chi connectivity index (χ3n) is 3.92. The Morgan fingerprint density at radius 1 is 1.23 bits per heavy atom. The van der Waals surface area contributed by atoms with Crippen LogP contribution in [-0.2, 0) is 13.1 Å². The molecule has 1 N–H and O–H groups in total. The van der Waals surface area contributed by atoms with E-state index in [1.165, 1.54) is 5.56 Å². The molecule has 3 rings (SSSR count). The Hall–Kier alpha value is -2.62. The van der Waals surface area contributed by atoms with Gasteiger partial charge in [0.05, 0.1) is 5.56 Å². The SMILES string of the molecule is CCn1cc(C(=O)NCc2ccccc2C)c2cccnc21. The molecule has 3 aromatic rings. The lowest BCUT2D eigenvalue weighted by molar-refractivity contribution is 0.0952. The number of rotatable bonds is 4. The number of carbonyl (C=O) groups excluding carboxylic acids is 1. The first-order chi connectivity index (χ1) is 10.7. The van der Waals surface area contributed by atoms with E-state index in [1.54, 1.807) is 6.20 Å². The predicted octanol–water partition coefficient (Wildman–Crippen LogP) is 3.29. The Kier molecular flexibility index (Phi) is 3.92. The lowest BCUT2D eigenvalue weighted by Gasteiger charge is -2.07. The largest absolute Gasteiger partial charge is 0.348 e. The third kappa shape index (κ3) is 2.60. The first-order valence-electron chi connectivity index (χ1n) is 7.47. The van der Waals surface area contributed by atoms with Gasteiger partial charge in [0.15, 0.2) is 0 Å². The van der Waals surface area contributed by atoms with Crippen molar-refractivity contribution in [1.82, 2.24) is 14.9 Å². The van der Waals surface area contributed by atoms with E-state index in [0.29, 0.717) is 12.1 Å². The van der Waals surface area contributed by atoms with Crippen molar-refractivity contribution in [1.29, 1.82) is 0 Å². The van der Waals surface area contributed by atoms with Crippen LogP contribution in [0.1, 0.15) is 28.4 Å². The first kappa shape index (κ1) is 14.3. The molecule has 0 radical (unpaired) electrons. The fourth-order valence-electron chi connectivity index (χ4n) is 2.62. The summed E-state index contributed by atoms with van der Waals surface area (Å²) in [5, 5.41) is 3.90. The van der Waals surface area contributed by atoms with Gasteiger partial charge >= 0.3 is 0 Å². The Labute approximate surface area is 129 Å². The molecule has 2 aromatic heterocycles. The molecule has 0 fully saturated rings. The van der Waals surface area contributed by atoms with Gasteiger partial charge in [0.25, 0.3) is 5.91 Å². The zero-order valence-electron chi connectivity index (χ0n) is 12.8. The Balaban J connectivity index is 1.85. The van der Waals surface area contributed by atoms with Crippen LogP contribution >= 0.6 is 0 Å². The maximum absolute atomic E-state index is 12.5. The van der Waals surface area contributed by atoms with Crippen LogP contribution in [0.25, 0.3) is 11.0 Å². The summed E-state index contributed by atoms with van der Waals surface area (Å²) >= 11 is 0. The molecule has 0 saturated carbocycles. The number of hydrogen-bond donors (Lipinski definition) is 1. The molecule has 1 amide bonds. The number of carbonyl (C=O) groups is 1. The Morgan fingerprint density at radius 3 is 2.82 bits per heavy atom. The summed E-state index contributed by atoms with van der Waals surface area (Å²) in [6.45, 7) is 5.42. The minimum absolute atomic E-state index is 0.0616. The van der Waals surface area contributed by atoms with Gasteiger partial charge in [-0.3, -0.25) is 4.79 Å². The van der Waals surface area contributed by atoms with E-state index in [2.05, 4.69) is 10.3 Å². The van der Waals surface area contributed by atoms with Gasteiger partial charge in [-0.2, -0.15) is 0 Å². The van der Waals surface area contributed by atoms with Crippen LogP contribution in [0.4, 0.5) is 0 Å². The van der Waals surface area contributed by atoms with Gasteiger partial charge in [-0.1, -0.05) is 24.3 Å². The van der Waals surface area contributed by atoms with Crippen molar-refractivity contribution >= 4 is 16.9 Å². The van der Waals surface area contributed by atoms with Gasteiger partial charge in [0, 0.05) is 30.9 Å². The van der Waals surface area contributed by atoms with Gasteiger partial charge in [-0.15, -0.1) is 0 Å². The topological polar surface area (TPSA) is 46.9 Å². The van der Waals surface area contributed by atoms with Gasteiger partial charge in [0.2, 0.25) is 0 Å². The van der Waals surface area contributed by atoms with Crippen molar-refractivity contribution in [3.63, 3.8) is 0 Å². The van der Waals surface area contributed by atoms with Crippen LogP contribution in [0.15, 0.2) is 48.8 Å². The monoisotopic (exact) mass is 293 g/mol. The summed E-state index contributed by atoms with van der Waals surface area (Å²) in [7, 11) is 0. The molecule has 4 nitrogen and oxygen atoms in total. The van der Waals surface area contributed by atoms with Crippen LogP contribution in [0, 0.1) is 6.92 Å². The van der Waals surface area contributed by atoms with E-state index < -0.39 is 0 Å². The molecular formula is C18H19N3O. The van der Waals surface area contributed by atoms with E-state index in [1.807, 2.05) is 61.0 Å². The molecular weight excluding hydrogens is 274 g/mol. The van der Waals surface area contributed by atoms with Crippen molar-refractivity contribution in [3.05, 3.63) is 65.5 Å². The van der Waals surface area contributed by atoms with Crippen LogP contribution in [0.2, 0.25) is 0 Å².